The van der Waals surface area contributed by atoms with Gasteiger partial charge in [-0.15, -0.1) is 0 Å². The van der Waals surface area contributed by atoms with E-state index in [2.05, 4.69) is 36.3 Å². The van der Waals surface area contributed by atoms with Crippen molar-refractivity contribution in [1.82, 2.24) is 4.98 Å². The molecule has 0 radical (unpaired) electrons. The zero-order chi connectivity index (χ0) is 12.1. The molecule has 0 saturated heterocycles. The lowest BCUT2D eigenvalue weighted by atomic mass is 10.1. The van der Waals surface area contributed by atoms with E-state index in [1.165, 1.54) is 6.39 Å². The van der Waals surface area contributed by atoms with Gasteiger partial charge in [0.15, 0.2) is 12.2 Å². The van der Waals surface area contributed by atoms with Crippen LogP contribution in [0.25, 0.3) is 11.3 Å². The van der Waals surface area contributed by atoms with E-state index in [1.807, 2.05) is 12.1 Å². The Morgan fingerprint density at radius 2 is 2.12 bits per heavy atom. The molecule has 3 nitrogen and oxygen atoms in total. The molecule has 0 amide bonds. The molecule has 0 bridgehead atoms. The third-order valence-corrected chi connectivity index (χ3v) is 2.94. The zero-order valence-electron chi connectivity index (χ0n) is 10.3. The molecule has 0 aliphatic carbocycles. The number of nitrogens with zero attached hydrogens (tertiary/aromatic N) is 1. The highest BCUT2D eigenvalue weighted by atomic mass is 16.3. The molecular weight excluding hydrogens is 212 g/mol. The van der Waals surface area contributed by atoms with Crippen LogP contribution in [0.3, 0.4) is 0 Å². The number of nitrogens with one attached hydrogen (secondary N) is 1. The molecule has 17 heavy (non-hydrogen) atoms. The number of anilines is 1. The Bertz CT molecular complexity index is 447. The predicted molar refractivity (Wildman–Crippen MR) is 69.9 cm³/mol. The van der Waals surface area contributed by atoms with Crippen LogP contribution in [-0.2, 0) is 0 Å². The third kappa shape index (κ3) is 2.87. The number of hydrogen-bond donors (Lipinski definition) is 1. The van der Waals surface area contributed by atoms with Crippen LogP contribution in [0.1, 0.15) is 26.7 Å². The highest BCUT2D eigenvalue weighted by Gasteiger charge is 2.05. The van der Waals surface area contributed by atoms with Crippen molar-refractivity contribution < 1.29 is 4.42 Å². The Morgan fingerprint density at radius 1 is 1.29 bits per heavy atom. The molecule has 1 aromatic carbocycles. The first-order valence-corrected chi connectivity index (χ1v) is 6.09. The first kappa shape index (κ1) is 11.7. The van der Waals surface area contributed by atoms with Gasteiger partial charge in [0.05, 0.1) is 6.20 Å². The summed E-state index contributed by atoms with van der Waals surface area (Å²) in [6.07, 6.45) is 5.44. The summed E-state index contributed by atoms with van der Waals surface area (Å²) in [7, 11) is 0. The Labute approximate surface area is 102 Å². The fourth-order valence-electron chi connectivity index (χ4n) is 1.85. The second-order valence-electron chi connectivity index (χ2n) is 4.10. The maximum Gasteiger partial charge on any atom is 0.181 e. The van der Waals surface area contributed by atoms with Crippen LogP contribution in [0.5, 0.6) is 0 Å². The van der Waals surface area contributed by atoms with E-state index in [-0.39, 0.29) is 0 Å². The van der Waals surface area contributed by atoms with Crippen molar-refractivity contribution in [3.05, 3.63) is 36.9 Å². The van der Waals surface area contributed by atoms with Gasteiger partial charge >= 0.3 is 0 Å². The summed E-state index contributed by atoms with van der Waals surface area (Å²) in [5.74, 6) is 0.804. The van der Waals surface area contributed by atoms with Crippen molar-refractivity contribution in [3.8, 4) is 11.3 Å². The number of hydrogen-bond acceptors (Lipinski definition) is 3. The van der Waals surface area contributed by atoms with Crippen LogP contribution in [0.2, 0.25) is 0 Å². The van der Waals surface area contributed by atoms with Crippen LogP contribution in [0, 0.1) is 0 Å². The van der Waals surface area contributed by atoms with E-state index >= 15 is 0 Å². The van der Waals surface area contributed by atoms with E-state index in [4.69, 9.17) is 4.42 Å². The van der Waals surface area contributed by atoms with Gasteiger partial charge in [-0.05, 0) is 25.0 Å². The van der Waals surface area contributed by atoms with Gasteiger partial charge in [-0.3, -0.25) is 0 Å². The topological polar surface area (TPSA) is 38.1 Å². The molecule has 1 N–H and O–H groups in total. The summed E-state index contributed by atoms with van der Waals surface area (Å²) < 4.78 is 5.29. The molecule has 0 atom stereocenters. The van der Waals surface area contributed by atoms with E-state index in [0.717, 1.165) is 29.9 Å². The zero-order valence-corrected chi connectivity index (χ0v) is 10.3. The maximum atomic E-state index is 5.29. The Kier molecular flexibility index (Phi) is 3.81. The van der Waals surface area contributed by atoms with Crippen molar-refractivity contribution in [2.45, 2.75) is 32.7 Å². The fraction of sp³-hybridized carbons (Fsp3) is 0.357. The van der Waals surface area contributed by atoms with Gasteiger partial charge in [0.25, 0.3) is 0 Å². The highest BCUT2D eigenvalue weighted by molar-refractivity contribution is 5.63. The van der Waals surface area contributed by atoms with Gasteiger partial charge in [0, 0.05) is 17.3 Å². The molecule has 0 aliphatic heterocycles. The average Bonchev–Trinajstić information content (AvgIpc) is 2.90. The van der Waals surface area contributed by atoms with E-state index in [9.17, 15) is 0 Å². The van der Waals surface area contributed by atoms with E-state index < -0.39 is 0 Å². The van der Waals surface area contributed by atoms with E-state index in [1.54, 1.807) is 6.20 Å². The van der Waals surface area contributed by atoms with Crippen LogP contribution in [0.4, 0.5) is 5.69 Å². The first-order valence-electron chi connectivity index (χ1n) is 6.09. The number of rotatable bonds is 5. The van der Waals surface area contributed by atoms with Crippen molar-refractivity contribution in [1.29, 1.82) is 0 Å². The van der Waals surface area contributed by atoms with Crippen molar-refractivity contribution in [2.75, 3.05) is 5.32 Å². The minimum Gasteiger partial charge on any atom is -0.444 e. The van der Waals surface area contributed by atoms with Crippen LogP contribution >= 0.6 is 0 Å². The summed E-state index contributed by atoms with van der Waals surface area (Å²) in [5.41, 5.74) is 2.19. The molecule has 1 aromatic heterocycles. The predicted octanol–water partition coefficient (Wildman–Crippen LogP) is 3.94. The van der Waals surface area contributed by atoms with Crippen molar-refractivity contribution in [2.24, 2.45) is 0 Å². The summed E-state index contributed by atoms with van der Waals surface area (Å²) in [4.78, 5) is 3.93. The summed E-state index contributed by atoms with van der Waals surface area (Å²) in [5, 5.41) is 3.52. The minimum atomic E-state index is 0.528. The number of benzene rings is 1. The van der Waals surface area contributed by atoms with Crippen molar-refractivity contribution in [3.63, 3.8) is 0 Å². The Hall–Kier alpha value is -1.77. The third-order valence-electron chi connectivity index (χ3n) is 2.94. The van der Waals surface area contributed by atoms with Gasteiger partial charge in [-0.2, -0.15) is 0 Å². The lowest BCUT2D eigenvalue weighted by molar-refractivity contribution is 0.572. The van der Waals surface area contributed by atoms with Gasteiger partial charge in [-0.25, -0.2) is 4.98 Å². The summed E-state index contributed by atoms with van der Waals surface area (Å²) >= 11 is 0. The molecule has 1 heterocycles. The number of oxazole rings is 1. The molecule has 0 aliphatic rings. The SMILES string of the molecule is CCC(CC)Nc1cccc(-c2cnco2)c1. The van der Waals surface area contributed by atoms with E-state index in [0.29, 0.717) is 6.04 Å². The van der Waals surface area contributed by atoms with Crippen LogP contribution < -0.4 is 5.32 Å². The minimum absolute atomic E-state index is 0.528. The van der Waals surface area contributed by atoms with Crippen LogP contribution in [0.15, 0.2) is 41.3 Å². The molecule has 3 heteroatoms. The molecule has 2 aromatic rings. The van der Waals surface area contributed by atoms with Gasteiger partial charge in [0.2, 0.25) is 0 Å². The second kappa shape index (κ2) is 5.53. The molecule has 0 unspecified atom stereocenters. The number of aromatic nitrogens is 1. The smallest absolute Gasteiger partial charge is 0.181 e. The van der Waals surface area contributed by atoms with Crippen LogP contribution in [-0.4, -0.2) is 11.0 Å². The summed E-state index contributed by atoms with van der Waals surface area (Å²) in [6.45, 7) is 4.39. The highest BCUT2D eigenvalue weighted by Crippen LogP contribution is 2.22. The average molecular weight is 230 g/mol. The molecule has 0 saturated carbocycles. The lowest BCUT2D eigenvalue weighted by Crippen LogP contribution is -2.16. The molecule has 0 fully saturated rings. The normalized spacial score (nSPS) is 10.8. The summed E-state index contributed by atoms with van der Waals surface area (Å²) in [6, 6.07) is 8.76. The molecule has 2 rings (SSSR count). The van der Waals surface area contributed by atoms with Gasteiger partial charge < -0.3 is 9.73 Å². The lowest BCUT2D eigenvalue weighted by Gasteiger charge is -2.16. The Balaban J connectivity index is 2.17. The monoisotopic (exact) mass is 230 g/mol. The second-order valence-corrected chi connectivity index (χ2v) is 4.10. The quantitative estimate of drug-likeness (QED) is 0.845. The maximum absolute atomic E-state index is 5.29. The Morgan fingerprint density at radius 3 is 2.76 bits per heavy atom. The molecular formula is C14H18N2O. The van der Waals surface area contributed by atoms with Gasteiger partial charge in [0.1, 0.15) is 0 Å². The standard InChI is InChI=1S/C14H18N2O/c1-3-12(4-2)16-13-7-5-6-11(8-13)14-9-15-10-17-14/h5-10,12,16H,3-4H2,1-2H3. The molecule has 90 valence electrons. The largest absolute Gasteiger partial charge is 0.444 e. The van der Waals surface area contributed by atoms with Crippen molar-refractivity contribution >= 4 is 5.69 Å². The van der Waals surface area contributed by atoms with Gasteiger partial charge in [-0.1, -0.05) is 26.0 Å². The first-order chi connectivity index (χ1) is 8.33. The molecule has 0 spiro atoms. The fourth-order valence-corrected chi connectivity index (χ4v) is 1.85.